The Labute approximate surface area is 178 Å². The first-order valence-electron chi connectivity index (χ1n) is 10.00. The number of hydrazine groups is 1. The van der Waals surface area contributed by atoms with Crippen molar-refractivity contribution in [3.05, 3.63) is 70.8 Å². The molecule has 2 aromatic rings. The normalized spacial score (nSPS) is 11.0. The number of nitrogens with zero attached hydrogens (tertiary/aromatic N) is 2. The van der Waals surface area contributed by atoms with Crippen LogP contribution in [0.25, 0.3) is 0 Å². The lowest BCUT2D eigenvalue weighted by molar-refractivity contribution is -0.148. The molecule has 0 atom stereocenters. The average molecular weight is 411 g/mol. The fraction of sp³-hybridized carbons (Fsp3) is 0.375. The molecule has 0 unspecified atom stereocenters. The van der Waals surface area contributed by atoms with Crippen molar-refractivity contribution >= 4 is 17.8 Å². The van der Waals surface area contributed by atoms with E-state index in [-0.39, 0.29) is 19.1 Å². The Hall–Kier alpha value is -3.15. The highest BCUT2D eigenvalue weighted by atomic mass is 16.5. The molecule has 0 saturated carbocycles. The van der Waals surface area contributed by atoms with Gasteiger partial charge in [0, 0.05) is 11.1 Å². The molecular formula is C24H30N2O4. The van der Waals surface area contributed by atoms with Crippen LogP contribution in [0.2, 0.25) is 0 Å². The van der Waals surface area contributed by atoms with Crippen molar-refractivity contribution in [3.8, 4) is 0 Å². The second kappa shape index (κ2) is 9.57. The summed E-state index contributed by atoms with van der Waals surface area (Å²) in [5, 5.41) is 2.54. The molecule has 0 aromatic heterocycles. The van der Waals surface area contributed by atoms with E-state index in [0.29, 0.717) is 11.1 Å². The second-order valence-corrected chi connectivity index (χ2v) is 8.20. The predicted molar refractivity (Wildman–Crippen MR) is 116 cm³/mol. The SMILES string of the molecule is CCOC(=O)CN(C(=O)c1ccccc1)N(C(=O)c1cc(C)cc(C)c1)C(C)(C)C. The number of hydrogen-bond donors (Lipinski definition) is 0. The van der Waals surface area contributed by atoms with Crippen LogP contribution in [0, 0.1) is 13.8 Å². The standard InChI is InChI=1S/C24H30N2O4/c1-7-30-21(27)16-25(22(28)19-11-9-8-10-12-19)26(24(4,5)6)23(29)20-14-17(2)13-18(3)15-20/h8-15H,7,16H2,1-6H3. The summed E-state index contributed by atoms with van der Waals surface area (Å²) < 4.78 is 5.07. The maximum absolute atomic E-state index is 13.6. The van der Waals surface area contributed by atoms with Crippen molar-refractivity contribution in [2.24, 2.45) is 0 Å². The molecule has 2 amide bonds. The third-order valence-corrected chi connectivity index (χ3v) is 4.38. The van der Waals surface area contributed by atoms with Crippen LogP contribution in [0.5, 0.6) is 0 Å². The van der Waals surface area contributed by atoms with E-state index < -0.39 is 17.4 Å². The summed E-state index contributed by atoms with van der Waals surface area (Å²) in [5.74, 6) is -1.39. The summed E-state index contributed by atoms with van der Waals surface area (Å²) in [5.41, 5.74) is 1.95. The van der Waals surface area contributed by atoms with E-state index in [1.165, 1.54) is 10.0 Å². The van der Waals surface area contributed by atoms with Gasteiger partial charge < -0.3 is 4.74 Å². The van der Waals surface area contributed by atoms with E-state index in [0.717, 1.165) is 11.1 Å². The number of ether oxygens (including phenoxy) is 1. The van der Waals surface area contributed by atoms with Crippen molar-refractivity contribution in [1.29, 1.82) is 0 Å². The Kier molecular flexibility index (Phi) is 7.38. The number of benzene rings is 2. The van der Waals surface area contributed by atoms with Gasteiger partial charge in [-0.2, -0.15) is 0 Å². The molecule has 0 radical (unpaired) electrons. The van der Waals surface area contributed by atoms with Gasteiger partial charge in [0.25, 0.3) is 11.8 Å². The van der Waals surface area contributed by atoms with Gasteiger partial charge in [0.2, 0.25) is 0 Å². The second-order valence-electron chi connectivity index (χ2n) is 8.20. The minimum Gasteiger partial charge on any atom is -0.465 e. The topological polar surface area (TPSA) is 66.9 Å². The van der Waals surface area contributed by atoms with Gasteiger partial charge in [-0.3, -0.25) is 14.4 Å². The Bertz CT molecular complexity index is 896. The zero-order chi connectivity index (χ0) is 22.5. The van der Waals surface area contributed by atoms with Gasteiger partial charge in [-0.1, -0.05) is 35.4 Å². The number of carbonyl (C=O) groups excluding carboxylic acids is 3. The molecule has 0 fully saturated rings. The van der Waals surface area contributed by atoms with Crippen molar-refractivity contribution in [2.75, 3.05) is 13.2 Å². The van der Waals surface area contributed by atoms with Crippen LogP contribution < -0.4 is 0 Å². The Morgan fingerprint density at radius 3 is 1.93 bits per heavy atom. The maximum atomic E-state index is 13.6. The largest absolute Gasteiger partial charge is 0.465 e. The van der Waals surface area contributed by atoms with Crippen molar-refractivity contribution in [2.45, 2.75) is 47.1 Å². The van der Waals surface area contributed by atoms with Crippen LogP contribution in [0.15, 0.2) is 48.5 Å². The summed E-state index contributed by atoms with van der Waals surface area (Å²) in [7, 11) is 0. The molecule has 2 aromatic carbocycles. The Morgan fingerprint density at radius 1 is 0.867 bits per heavy atom. The zero-order valence-electron chi connectivity index (χ0n) is 18.6. The molecule has 6 nitrogen and oxygen atoms in total. The van der Waals surface area contributed by atoms with Crippen LogP contribution in [-0.4, -0.2) is 46.5 Å². The van der Waals surface area contributed by atoms with Crippen molar-refractivity contribution in [3.63, 3.8) is 0 Å². The van der Waals surface area contributed by atoms with E-state index >= 15 is 0 Å². The van der Waals surface area contributed by atoms with Crippen LogP contribution in [-0.2, 0) is 9.53 Å². The Balaban J connectivity index is 2.56. The van der Waals surface area contributed by atoms with Gasteiger partial charge in [-0.25, -0.2) is 10.0 Å². The molecule has 0 aliphatic heterocycles. The summed E-state index contributed by atoms with van der Waals surface area (Å²) in [6.07, 6.45) is 0. The smallest absolute Gasteiger partial charge is 0.327 e. The van der Waals surface area contributed by atoms with Gasteiger partial charge in [-0.05, 0) is 65.8 Å². The number of hydrogen-bond acceptors (Lipinski definition) is 4. The molecule has 6 heteroatoms. The molecule has 30 heavy (non-hydrogen) atoms. The van der Waals surface area contributed by atoms with Crippen LogP contribution >= 0.6 is 0 Å². The molecule has 0 bridgehead atoms. The first-order valence-corrected chi connectivity index (χ1v) is 10.00. The van der Waals surface area contributed by atoms with Gasteiger partial charge in [0.1, 0.15) is 6.54 Å². The van der Waals surface area contributed by atoms with Crippen molar-refractivity contribution < 1.29 is 19.1 Å². The summed E-state index contributed by atoms with van der Waals surface area (Å²) in [6.45, 7) is 10.8. The highest BCUT2D eigenvalue weighted by molar-refractivity contribution is 6.00. The Morgan fingerprint density at radius 2 is 1.43 bits per heavy atom. The minimum atomic E-state index is -0.772. The predicted octanol–water partition coefficient (Wildman–Crippen LogP) is 4.16. The monoisotopic (exact) mass is 410 g/mol. The number of amides is 2. The minimum absolute atomic E-state index is 0.187. The quantitative estimate of drug-likeness (QED) is 0.548. The van der Waals surface area contributed by atoms with Gasteiger partial charge in [-0.15, -0.1) is 0 Å². The maximum Gasteiger partial charge on any atom is 0.327 e. The van der Waals surface area contributed by atoms with E-state index in [1.807, 2.05) is 40.7 Å². The average Bonchev–Trinajstić information content (AvgIpc) is 2.66. The number of aryl methyl sites for hydroxylation is 2. The summed E-state index contributed by atoms with van der Waals surface area (Å²) in [4.78, 5) is 39.3. The highest BCUT2D eigenvalue weighted by Crippen LogP contribution is 2.23. The lowest BCUT2D eigenvalue weighted by atomic mass is 10.0. The summed E-state index contributed by atoms with van der Waals surface area (Å²) in [6, 6.07) is 14.1. The van der Waals surface area contributed by atoms with E-state index in [2.05, 4.69) is 0 Å². The fourth-order valence-corrected chi connectivity index (χ4v) is 3.29. The van der Waals surface area contributed by atoms with Crippen molar-refractivity contribution in [1.82, 2.24) is 10.0 Å². The third kappa shape index (κ3) is 5.69. The van der Waals surface area contributed by atoms with E-state index in [4.69, 9.17) is 4.74 Å². The number of carbonyl (C=O) groups is 3. The first-order chi connectivity index (χ1) is 14.0. The lowest BCUT2D eigenvalue weighted by Gasteiger charge is -2.43. The molecule has 0 saturated heterocycles. The van der Waals surface area contributed by atoms with E-state index in [1.54, 1.807) is 49.4 Å². The van der Waals surface area contributed by atoms with Crippen LogP contribution in [0.3, 0.4) is 0 Å². The molecule has 0 aliphatic rings. The number of esters is 1. The molecule has 2 rings (SSSR count). The molecule has 0 spiro atoms. The fourth-order valence-electron chi connectivity index (χ4n) is 3.29. The number of rotatable bonds is 5. The zero-order valence-corrected chi connectivity index (χ0v) is 18.6. The van der Waals surface area contributed by atoms with Gasteiger partial charge >= 0.3 is 5.97 Å². The highest BCUT2D eigenvalue weighted by Gasteiger charge is 2.37. The molecule has 0 aliphatic carbocycles. The van der Waals surface area contributed by atoms with Gasteiger partial charge in [0.05, 0.1) is 12.1 Å². The van der Waals surface area contributed by atoms with E-state index in [9.17, 15) is 14.4 Å². The lowest BCUT2D eigenvalue weighted by Crippen LogP contribution is -2.59. The van der Waals surface area contributed by atoms with Gasteiger partial charge in [0.15, 0.2) is 0 Å². The van der Waals surface area contributed by atoms with Crippen LogP contribution in [0.4, 0.5) is 0 Å². The molecule has 0 N–H and O–H groups in total. The first kappa shape index (κ1) is 23.1. The van der Waals surface area contributed by atoms with Crippen LogP contribution in [0.1, 0.15) is 59.5 Å². The summed E-state index contributed by atoms with van der Waals surface area (Å²) >= 11 is 0. The molecule has 0 heterocycles. The third-order valence-electron chi connectivity index (χ3n) is 4.38. The molecular weight excluding hydrogens is 380 g/mol. The molecule has 160 valence electrons.